The number of nitrogens with zero attached hydrogens (tertiary/aromatic N) is 1. The molecule has 0 aliphatic carbocycles. The molecule has 1 aromatic heterocycles. The molecule has 98 valence electrons. The summed E-state index contributed by atoms with van der Waals surface area (Å²) in [6.45, 7) is 6.64. The first kappa shape index (κ1) is 14.3. The van der Waals surface area contributed by atoms with E-state index in [1.807, 2.05) is 0 Å². The minimum absolute atomic E-state index is 0.0304. The number of esters is 1. The highest BCUT2D eigenvalue weighted by Crippen LogP contribution is 2.23. The van der Waals surface area contributed by atoms with Crippen LogP contribution in [0.25, 0.3) is 0 Å². The van der Waals surface area contributed by atoms with Crippen molar-refractivity contribution in [1.82, 2.24) is 4.98 Å². The standard InChI is InChI=1S/C11H13FN2O3S/c1-4-17-9(15)5-8-7(3)18-11(13-8)14-10(16)6(2)12/h2,4-5H2,1,3H3,(H,13,14,16). The monoisotopic (exact) mass is 272 g/mol. The van der Waals surface area contributed by atoms with Crippen molar-refractivity contribution >= 4 is 28.3 Å². The van der Waals surface area contributed by atoms with Gasteiger partial charge in [-0.05, 0) is 13.8 Å². The van der Waals surface area contributed by atoms with Crippen molar-refractivity contribution in [2.24, 2.45) is 0 Å². The fraction of sp³-hybridized carbons (Fsp3) is 0.364. The summed E-state index contributed by atoms with van der Waals surface area (Å²) in [5, 5.41) is 2.48. The van der Waals surface area contributed by atoms with E-state index in [4.69, 9.17) is 4.74 Å². The van der Waals surface area contributed by atoms with Crippen LogP contribution in [0.15, 0.2) is 12.4 Å². The lowest BCUT2D eigenvalue weighted by Gasteiger charge is -1.99. The molecule has 0 bridgehead atoms. The number of nitrogens with one attached hydrogen (secondary N) is 1. The normalized spacial score (nSPS) is 9.94. The molecule has 0 saturated carbocycles. The number of ether oxygens (including phenoxy) is 1. The zero-order valence-corrected chi connectivity index (χ0v) is 10.9. The van der Waals surface area contributed by atoms with E-state index in [1.165, 1.54) is 0 Å². The van der Waals surface area contributed by atoms with E-state index in [2.05, 4.69) is 16.9 Å². The predicted molar refractivity (Wildman–Crippen MR) is 66.1 cm³/mol. The summed E-state index contributed by atoms with van der Waals surface area (Å²) >= 11 is 1.16. The van der Waals surface area contributed by atoms with Gasteiger partial charge in [-0.3, -0.25) is 14.9 Å². The summed E-state index contributed by atoms with van der Waals surface area (Å²) in [6.07, 6.45) is 0.0304. The highest BCUT2D eigenvalue weighted by Gasteiger charge is 2.15. The number of aryl methyl sites for hydroxylation is 1. The minimum Gasteiger partial charge on any atom is -0.466 e. The lowest BCUT2D eigenvalue weighted by Crippen LogP contribution is -2.11. The lowest BCUT2D eigenvalue weighted by atomic mass is 10.3. The molecule has 0 radical (unpaired) electrons. The van der Waals surface area contributed by atoms with Crippen molar-refractivity contribution in [2.75, 3.05) is 11.9 Å². The number of thiazole rings is 1. The van der Waals surface area contributed by atoms with Crippen LogP contribution in [-0.4, -0.2) is 23.5 Å². The molecule has 1 aromatic rings. The van der Waals surface area contributed by atoms with E-state index in [9.17, 15) is 14.0 Å². The van der Waals surface area contributed by atoms with Crippen LogP contribution >= 0.6 is 11.3 Å². The lowest BCUT2D eigenvalue weighted by molar-refractivity contribution is -0.142. The highest BCUT2D eigenvalue weighted by molar-refractivity contribution is 7.15. The molecule has 0 atom stereocenters. The summed E-state index contributed by atoms with van der Waals surface area (Å²) in [5.41, 5.74) is 0.512. The van der Waals surface area contributed by atoms with E-state index >= 15 is 0 Å². The van der Waals surface area contributed by atoms with Gasteiger partial charge in [-0.15, -0.1) is 11.3 Å². The maximum absolute atomic E-state index is 12.5. The van der Waals surface area contributed by atoms with Crippen LogP contribution in [0.1, 0.15) is 17.5 Å². The van der Waals surface area contributed by atoms with Gasteiger partial charge in [0.15, 0.2) is 11.0 Å². The van der Waals surface area contributed by atoms with Crippen LogP contribution < -0.4 is 5.32 Å². The molecule has 0 saturated heterocycles. The van der Waals surface area contributed by atoms with E-state index < -0.39 is 17.7 Å². The van der Waals surface area contributed by atoms with Gasteiger partial charge in [0.05, 0.1) is 18.7 Å². The van der Waals surface area contributed by atoms with Crippen LogP contribution in [-0.2, 0) is 20.7 Å². The third-order valence-electron chi connectivity index (χ3n) is 1.98. The molecule has 1 N–H and O–H groups in total. The zero-order chi connectivity index (χ0) is 13.7. The molecule has 1 amide bonds. The Hall–Kier alpha value is -1.76. The number of hydrogen-bond donors (Lipinski definition) is 1. The van der Waals surface area contributed by atoms with Crippen molar-refractivity contribution in [3.63, 3.8) is 0 Å². The first-order chi connectivity index (χ1) is 8.43. The Labute approximate surface area is 108 Å². The fourth-order valence-electron chi connectivity index (χ4n) is 1.16. The summed E-state index contributed by atoms with van der Waals surface area (Å²) in [6, 6.07) is 0. The Bertz CT molecular complexity index is 485. The second kappa shape index (κ2) is 6.25. The number of carbonyl (C=O) groups excluding carboxylic acids is 2. The number of aromatic nitrogens is 1. The van der Waals surface area contributed by atoms with Gasteiger partial charge in [0, 0.05) is 4.88 Å². The molecule has 0 fully saturated rings. The van der Waals surface area contributed by atoms with Crippen LogP contribution in [0.4, 0.5) is 9.52 Å². The summed E-state index contributed by atoms with van der Waals surface area (Å²) < 4.78 is 17.3. The average Bonchev–Trinajstić information content (AvgIpc) is 2.59. The number of hydrogen-bond acceptors (Lipinski definition) is 5. The minimum atomic E-state index is -1.09. The largest absolute Gasteiger partial charge is 0.466 e. The number of anilines is 1. The molecule has 0 aliphatic heterocycles. The van der Waals surface area contributed by atoms with Gasteiger partial charge in [0.1, 0.15) is 0 Å². The molecule has 0 unspecified atom stereocenters. The molecule has 0 spiro atoms. The van der Waals surface area contributed by atoms with Crippen LogP contribution in [0.3, 0.4) is 0 Å². The second-order valence-electron chi connectivity index (χ2n) is 3.36. The van der Waals surface area contributed by atoms with Crippen molar-refractivity contribution in [1.29, 1.82) is 0 Å². The van der Waals surface area contributed by atoms with Crippen molar-refractivity contribution in [3.8, 4) is 0 Å². The molecular weight excluding hydrogens is 259 g/mol. The quantitative estimate of drug-likeness (QED) is 0.657. The van der Waals surface area contributed by atoms with Gasteiger partial charge < -0.3 is 4.74 Å². The summed E-state index contributed by atoms with van der Waals surface area (Å²) in [7, 11) is 0. The third kappa shape index (κ3) is 3.92. The van der Waals surface area contributed by atoms with Gasteiger partial charge in [-0.1, -0.05) is 6.58 Å². The van der Waals surface area contributed by atoms with E-state index in [-0.39, 0.29) is 11.6 Å². The number of carbonyl (C=O) groups is 2. The van der Waals surface area contributed by atoms with Crippen molar-refractivity contribution < 1.29 is 18.7 Å². The number of rotatable bonds is 5. The van der Waals surface area contributed by atoms with Crippen molar-refractivity contribution in [3.05, 3.63) is 23.0 Å². The van der Waals surface area contributed by atoms with Gasteiger partial charge in [-0.2, -0.15) is 0 Å². The molecule has 0 aliphatic rings. The van der Waals surface area contributed by atoms with Crippen LogP contribution in [0, 0.1) is 6.92 Å². The van der Waals surface area contributed by atoms with Crippen LogP contribution in [0.2, 0.25) is 0 Å². The maximum atomic E-state index is 12.5. The topological polar surface area (TPSA) is 68.3 Å². The third-order valence-corrected chi connectivity index (χ3v) is 2.91. The molecule has 7 heteroatoms. The van der Waals surface area contributed by atoms with E-state index in [0.29, 0.717) is 12.3 Å². The Kier molecular flexibility index (Phi) is 4.96. The molecule has 1 rings (SSSR count). The van der Waals surface area contributed by atoms with Gasteiger partial charge in [0.2, 0.25) is 0 Å². The number of amides is 1. The highest BCUT2D eigenvalue weighted by atomic mass is 32.1. The average molecular weight is 272 g/mol. The Morgan fingerprint density at radius 1 is 1.56 bits per heavy atom. The first-order valence-electron chi connectivity index (χ1n) is 5.21. The summed E-state index contributed by atoms with van der Waals surface area (Å²) in [5.74, 6) is -2.42. The molecule has 1 heterocycles. The van der Waals surface area contributed by atoms with Crippen LogP contribution in [0.5, 0.6) is 0 Å². The van der Waals surface area contributed by atoms with Gasteiger partial charge in [0.25, 0.3) is 5.91 Å². The molecule has 18 heavy (non-hydrogen) atoms. The van der Waals surface area contributed by atoms with Crippen molar-refractivity contribution in [2.45, 2.75) is 20.3 Å². The fourth-order valence-corrected chi connectivity index (χ4v) is 1.98. The predicted octanol–water partition coefficient (Wildman–Crippen LogP) is 1.98. The first-order valence-corrected chi connectivity index (χ1v) is 6.03. The van der Waals surface area contributed by atoms with Gasteiger partial charge >= 0.3 is 5.97 Å². The Balaban J connectivity index is 2.72. The summed E-state index contributed by atoms with van der Waals surface area (Å²) in [4.78, 5) is 27.1. The van der Waals surface area contributed by atoms with Gasteiger partial charge in [-0.25, -0.2) is 9.37 Å². The SMILES string of the molecule is C=C(F)C(=O)Nc1nc(CC(=O)OCC)c(C)s1. The smallest absolute Gasteiger partial charge is 0.311 e. The number of halogens is 1. The van der Waals surface area contributed by atoms with E-state index in [0.717, 1.165) is 16.2 Å². The molecule has 5 nitrogen and oxygen atoms in total. The van der Waals surface area contributed by atoms with E-state index in [1.54, 1.807) is 13.8 Å². The molecule has 0 aromatic carbocycles. The molecular formula is C11H13FN2O3S. The maximum Gasteiger partial charge on any atom is 0.311 e. The Morgan fingerprint density at radius 2 is 2.22 bits per heavy atom. The zero-order valence-electron chi connectivity index (χ0n) is 10.1. The Morgan fingerprint density at radius 3 is 2.78 bits per heavy atom. The second-order valence-corrected chi connectivity index (χ2v) is 4.57.